The molecule has 0 atom stereocenters. The first kappa shape index (κ1) is 14.3. The fourth-order valence-electron chi connectivity index (χ4n) is 1.65. The van der Waals surface area contributed by atoms with Crippen molar-refractivity contribution in [1.82, 2.24) is 0 Å². The average molecular weight is 356 g/mol. The first-order valence-electron chi connectivity index (χ1n) is 5.60. The maximum absolute atomic E-state index is 6.21. The lowest BCUT2D eigenvalue weighted by Crippen LogP contribution is -2.09. The number of halogens is 2. The molecule has 0 aromatic heterocycles. The smallest absolute Gasteiger partial charge is 0.104 e. The molecule has 98 valence electrons. The van der Waals surface area contributed by atoms with E-state index in [1.54, 1.807) is 6.07 Å². The summed E-state index contributed by atoms with van der Waals surface area (Å²) in [6, 6.07) is 11.5. The van der Waals surface area contributed by atoms with Crippen LogP contribution in [0.4, 0.5) is 11.4 Å². The second kappa shape index (κ2) is 5.90. The van der Waals surface area contributed by atoms with E-state index in [0.29, 0.717) is 10.0 Å². The molecule has 0 fully saturated rings. The standard InChI is InChI=1S/C14H12BrClN2S/c1-8-6-10(3-4-11(8)15)18-13-5-2-9(14(17)19)7-12(13)16/h2-7,18H,1H3,(H2,17,19). The van der Waals surface area contributed by atoms with E-state index in [0.717, 1.165) is 27.0 Å². The number of hydrogen-bond acceptors (Lipinski definition) is 2. The average Bonchev–Trinajstić information content (AvgIpc) is 2.36. The predicted octanol–water partition coefficient (Wildman–Crippen LogP) is 4.79. The molecule has 0 saturated heterocycles. The zero-order chi connectivity index (χ0) is 14.0. The van der Waals surface area contributed by atoms with Gasteiger partial charge in [-0.25, -0.2) is 0 Å². The highest BCUT2D eigenvalue weighted by Gasteiger charge is 2.05. The van der Waals surface area contributed by atoms with Crippen LogP contribution in [0.2, 0.25) is 5.02 Å². The van der Waals surface area contributed by atoms with Crippen LogP contribution in [0.15, 0.2) is 40.9 Å². The van der Waals surface area contributed by atoms with E-state index >= 15 is 0 Å². The van der Waals surface area contributed by atoms with Crippen LogP contribution in [0.5, 0.6) is 0 Å². The lowest BCUT2D eigenvalue weighted by Gasteiger charge is -2.11. The number of nitrogens with two attached hydrogens (primary N) is 1. The minimum absolute atomic E-state index is 0.341. The Morgan fingerprint density at radius 3 is 2.58 bits per heavy atom. The van der Waals surface area contributed by atoms with E-state index < -0.39 is 0 Å². The Balaban J connectivity index is 2.28. The zero-order valence-corrected chi connectivity index (χ0v) is 13.4. The van der Waals surface area contributed by atoms with Crippen molar-refractivity contribution >= 4 is 56.1 Å². The summed E-state index contributed by atoms with van der Waals surface area (Å²) in [5.74, 6) is 0. The van der Waals surface area contributed by atoms with Crippen molar-refractivity contribution in [3.05, 3.63) is 57.0 Å². The number of anilines is 2. The highest BCUT2D eigenvalue weighted by atomic mass is 79.9. The molecule has 19 heavy (non-hydrogen) atoms. The van der Waals surface area contributed by atoms with Gasteiger partial charge in [0.1, 0.15) is 4.99 Å². The lowest BCUT2D eigenvalue weighted by atomic mass is 10.2. The molecule has 2 nitrogen and oxygen atoms in total. The SMILES string of the molecule is Cc1cc(Nc2ccc(C(N)=S)cc2Cl)ccc1Br. The predicted molar refractivity (Wildman–Crippen MR) is 89.5 cm³/mol. The van der Waals surface area contributed by atoms with Gasteiger partial charge in [-0.1, -0.05) is 39.7 Å². The summed E-state index contributed by atoms with van der Waals surface area (Å²) in [5, 5.41) is 3.86. The summed E-state index contributed by atoms with van der Waals surface area (Å²) in [7, 11) is 0. The normalized spacial score (nSPS) is 10.3. The molecule has 0 amide bonds. The van der Waals surface area contributed by atoms with Gasteiger partial charge in [-0.15, -0.1) is 0 Å². The van der Waals surface area contributed by atoms with Crippen LogP contribution < -0.4 is 11.1 Å². The number of benzene rings is 2. The molecule has 2 aromatic carbocycles. The molecule has 2 aromatic rings. The fraction of sp³-hybridized carbons (Fsp3) is 0.0714. The first-order valence-corrected chi connectivity index (χ1v) is 7.18. The van der Waals surface area contributed by atoms with E-state index in [9.17, 15) is 0 Å². The van der Waals surface area contributed by atoms with Crippen molar-refractivity contribution in [3.63, 3.8) is 0 Å². The molecule has 0 spiro atoms. The number of nitrogens with one attached hydrogen (secondary N) is 1. The summed E-state index contributed by atoms with van der Waals surface area (Å²) in [4.78, 5) is 0.341. The van der Waals surface area contributed by atoms with Crippen molar-refractivity contribution in [1.29, 1.82) is 0 Å². The molecule has 0 saturated carbocycles. The molecule has 0 aliphatic rings. The minimum Gasteiger partial charge on any atom is -0.389 e. The molecule has 3 N–H and O–H groups in total. The maximum atomic E-state index is 6.21. The number of aryl methyl sites for hydroxylation is 1. The van der Waals surface area contributed by atoms with Crippen molar-refractivity contribution in [2.45, 2.75) is 6.92 Å². The van der Waals surface area contributed by atoms with Gasteiger partial charge in [-0.2, -0.15) is 0 Å². The van der Waals surface area contributed by atoms with Gasteiger partial charge in [-0.3, -0.25) is 0 Å². The Kier molecular flexibility index (Phi) is 4.45. The fourth-order valence-corrected chi connectivity index (χ4v) is 2.25. The van der Waals surface area contributed by atoms with Gasteiger partial charge >= 0.3 is 0 Å². The summed E-state index contributed by atoms with van der Waals surface area (Å²) in [5.41, 5.74) is 9.28. The molecular formula is C14H12BrClN2S. The van der Waals surface area contributed by atoms with Crippen molar-refractivity contribution in [2.75, 3.05) is 5.32 Å². The van der Waals surface area contributed by atoms with Crippen LogP contribution in [-0.4, -0.2) is 4.99 Å². The van der Waals surface area contributed by atoms with E-state index in [1.807, 2.05) is 37.3 Å². The number of hydrogen-bond donors (Lipinski definition) is 2. The third kappa shape index (κ3) is 3.47. The van der Waals surface area contributed by atoms with Crippen molar-refractivity contribution in [3.8, 4) is 0 Å². The Hall–Kier alpha value is -1.10. The second-order valence-electron chi connectivity index (χ2n) is 4.15. The third-order valence-corrected chi connectivity index (χ3v) is 4.13. The highest BCUT2D eigenvalue weighted by Crippen LogP contribution is 2.28. The van der Waals surface area contributed by atoms with E-state index in [4.69, 9.17) is 29.6 Å². The van der Waals surface area contributed by atoms with E-state index in [1.165, 1.54) is 0 Å². The van der Waals surface area contributed by atoms with E-state index in [-0.39, 0.29) is 0 Å². The highest BCUT2D eigenvalue weighted by molar-refractivity contribution is 9.10. The number of rotatable bonds is 3. The number of thiocarbonyl (C=S) groups is 1. The monoisotopic (exact) mass is 354 g/mol. The first-order chi connectivity index (χ1) is 8.97. The van der Waals surface area contributed by atoms with Gasteiger partial charge in [0.25, 0.3) is 0 Å². The van der Waals surface area contributed by atoms with Gasteiger partial charge in [0.15, 0.2) is 0 Å². The summed E-state index contributed by atoms with van der Waals surface area (Å²) >= 11 is 14.6. The minimum atomic E-state index is 0.341. The molecular weight excluding hydrogens is 344 g/mol. The van der Waals surface area contributed by atoms with Crippen LogP contribution in [0.25, 0.3) is 0 Å². The molecule has 0 heterocycles. The van der Waals surface area contributed by atoms with Gasteiger partial charge in [0.2, 0.25) is 0 Å². The molecule has 0 aliphatic heterocycles. The van der Waals surface area contributed by atoms with E-state index in [2.05, 4.69) is 21.2 Å². The lowest BCUT2D eigenvalue weighted by molar-refractivity contribution is 1.41. The van der Waals surface area contributed by atoms with Crippen LogP contribution in [0.1, 0.15) is 11.1 Å². The van der Waals surface area contributed by atoms with Crippen LogP contribution in [0.3, 0.4) is 0 Å². The van der Waals surface area contributed by atoms with Gasteiger partial charge in [0, 0.05) is 15.7 Å². The quantitative estimate of drug-likeness (QED) is 0.778. The van der Waals surface area contributed by atoms with Crippen LogP contribution in [-0.2, 0) is 0 Å². The molecule has 5 heteroatoms. The Labute approximate surface area is 131 Å². The largest absolute Gasteiger partial charge is 0.389 e. The molecule has 0 unspecified atom stereocenters. The Morgan fingerprint density at radius 2 is 2.00 bits per heavy atom. The van der Waals surface area contributed by atoms with Crippen LogP contribution >= 0.6 is 39.7 Å². The topological polar surface area (TPSA) is 38.0 Å². The third-order valence-electron chi connectivity index (χ3n) is 2.69. The summed E-state index contributed by atoms with van der Waals surface area (Å²) < 4.78 is 1.08. The molecule has 0 bridgehead atoms. The summed E-state index contributed by atoms with van der Waals surface area (Å²) in [6.45, 7) is 2.03. The molecule has 0 aliphatic carbocycles. The Bertz CT molecular complexity index is 643. The van der Waals surface area contributed by atoms with Crippen molar-refractivity contribution in [2.24, 2.45) is 5.73 Å². The molecule has 2 rings (SSSR count). The van der Waals surface area contributed by atoms with Crippen LogP contribution in [0, 0.1) is 6.92 Å². The van der Waals surface area contributed by atoms with Gasteiger partial charge in [0.05, 0.1) is 10.7 Å². The molecule has 0 radical (unpaired) electrons. The van der Waals surface area contributed by atoms with Crippen molar-refractivity contribution < 1.29 is 0 Å². The van der Waals surface area contributed by atoms with Gasteiger partial charge in [-0.05, 0) is 48.9 Å². The maximum Gasteiger partial charge on any atom is 0.104 e. The van der Waals surface area contributed by atoms with Gasteiger partial charge < -0.3 is 11.1 Å². The summed E-state index contributed by atoms with van der Waals surface area (Å²) in [6.07, 6.45) is 0. The second-order valence-corrected chi connectivity index (χ2v) is 5.85. The Morgan fingerprint density at radius 1 is 1.26 bits per heavy atom. The zero-order valence-electron chi connectivity index (χ0n) is 10.2.